The molecule has 0 fully saturated rings. The number of carbonyl (C=O) groups excluding carboxylic acids is 1. The first-order valence-electron chi connectivity index (χ1n) is 6.18. The average Bonchev–Trinajstić information content (AvgIpc) is 2.73. The van der Waals surface area contributed by atoms with Crippen molar-refractivity contribution in [2.75, 3.05) is 25.0 Å². The van der Waals surface area contributed by atoms with Crippen LogP contribution in [-0.4, -0.2) is 44.9 Å². The van der Waals surface area contributed by atoms with Crippen LogP contribution in [0.4, 0.5) is 11.6 Å². The number of imidazole rings is 1. The van der Waals surface area contributed by atoms with Crippen molar-refractivity contribution in [2.45, 2.75) is 20.3 Å². The molecule has 0 saturated heterocycles. The van der Waals surface area contributed by atoms with Gasteiger partial charge in [-0.25, -0.2) is 0 Å². The van der Waals surface area contributed by atoms with Gasteiger partial charge in [0.05, 0.1) is 0 Å². The van der Waals surface area contributed by atoms with Gasteiger partial charge in [-0.05, 0) is 23.8 Å². The van der Waals surface area contributed by atoms with Gasteiger partial charge in [0.25, 0.3) is 0 Å². The number of nitrogens with one attached hydrogen (secondary N) is 1. The Kier molecular flexibility index (Phi) is 5.28. The summed E-state index contributed by atoms with van der Waals surface area (Å²) in [6, 6.07) is 0. The summed E-state index contributed by atoms with van der Waals surface area (Å²) in [4.78, 5) is 27.4. The van der Waals surface area contributed by atoms with Crippen molar-refractivity contribution in [3.8, 4) is 0 Å². The highest BCUT2D eigenvalue weighted by Crippen LogP contribution is 2.20. The second kappa shape index (κ2) is 6.72. The molecule has 1 heterocycles. The van der Waals surface area contributed by atoms with Crippen LogP contribution in [0.2, 0.25) is 0 Å². The van der Waals surface area contributed by atoms with Crippen molar-refractivity contribution in [1.82, 2.24) is 14.5 Å². The van der Waals surface area contributed by atoms with Gasteiger partial charge in [0.1, 0.15) is 0 Å². The van der Waals surface area contributed by atoms with Gasteiger partial charge >= 0.3 is 5.82 Å². The Hall–Kier alpha value is -2.12. The highest BCUT2D eigenvalue weighted by molar-refractivity contribution is 5.76. The second-order valence-corrected chi connectivity index (χ2v) is 4.03. The lowest BCUT2D eigenvalue weighted by molar-refractivity contribution is -0.388. The molecule has 0 bridgehead atoms. The van der Waals surface area contributed by atoms with Gasteiger partial charge in [-0.3, -0.25) is 9.36 Å². The Morgan fingerprint density at radius 1 is 1.53 bits per heavy atom. The molecule has 0 aliphatic heterocycles. The molecule has 19 heavy (non-hydrogen) atoms. The summed E-state index contributed by atoms with van der Waals surface area (Å²) in [5, 5.41) is 13.6. The minimum Gasteiger partial charge on any atom is -0.364 e. The molecule has 1 amide bonds. The number of hydrogen-bond acceptors (Lipinski definition) is 5. The van der Waals surface area contributed by atoms with Gasteiger partial charge in [0.15, 0.2) is 0 Å². The lowest BCUT2D eigenvalue weighted by Gasteiger charge is -2.18. The quantitative estimate of drug-likeness (QED) is 0.588. The van der Waals surface area contributed by atoms with Crippen LogP contribution in [0.3, 0.4) is 0 Å². The van der Waals surface area contributed by atoms with E-state index < -0.39 is 4.92 Å². The molecule has 0 saturated carbocycles. The van der Waals surface area contributed by atoms with Crippen LogP contribution in [0, 0.1) is 10.1 Å². The van der Waals surface area contributed by atoms with Crippen LogP contribution in [0.5, 0.6) is 0 Å². The third-order valence-electron chi connectivity index (χ3n) is 2.84. The molecule has 0 aromatic carbocycles. The first-order chi connectivity index (χ1) is 9.01. The van der Waals surface area contributed by atoms with Crippen LogP contribution >= 0.6 is 0 Å². The maximum absolute atomic E-state index is 11.8. The van der Waals surface area contributed by atoms with E-state index in [2.05, 4.69) is 10.3 Å². The van der Waals surface area contributed by atoms with Gasteiger partial charge in [0, 0.05) is 33.1 Å². The van der Waals surface area contributed by atoms with Crippen molar-refractivity contribution >= 4 is 17.5 Å². The van der Waals surface area contributed by atoms with Crippen molar-refractivity contribution < 1.29 is 9.72 Å². The summed E-state index contributed by atoms with van der Waals surface area (Å²) in [5.74, 6) is 0.123. The fourth-order valence-electron chi connectivity index (χ4n) is 1.78. The number of nitro groups is 1. The largest absolute Gasteiger partial charge is 0.406 e. The molecule has 0 aliphatic rings. The van der Waals surface area contributed by atoms with Crippen LogP contribution in [0.15, 0.2) is 6.33 Å². The fraction of sp³-hybridized carbons (Fsp3) is 0.636. The molecule has 0 unspecified atom stereocenters. The first kappa shape index (κ1) is 14.9. The molecular weight excluding hydrogens is 250 g/mol. The summed E-state index contributed by atoms with van der Waals surface area (Å²) in [6.45, 7) is 5.51. The Balaban J connectivity index is 2.56. The van der Waals surface area contributed by atoms with Gasteiger partial charge in [-0.1, -0.05) is 0 Å². The van der Waals surface area contributed by atoms with E-state index in [1.807, 2.05) is 13.8 Å². The van der Waals surface area contributed by atoms with E-state index in [9.17, 15) is 14.9 Å². The number of amides is 1. The van der Waals surface area contributed by atoms with E-state index in [-0.39, 0.29) is 11.7 Å². The van der Waals surface area contributed by atoms with Crippen molar-refractivity contribution in [1.29, 1.82) is 0 Å². The topological polar surface area (TPSA) is 93.3 Å². The summed E-state index contributed by atoms with van der Waals surface area (Å²) in [7, 11) is 1.66. The van der Waals surface area contributed by atoms with E-state index in [0.29, 0.717) is 31.9 Å². The number of carbonyl (C=O) groups is 1. The molecule has 106 valence electrons. The summed E-state index contributed by atoms with van der Waals surface area (Å²) >= 11 is 0. The Bertz CT molecular complexity index is 453. The van der Waals surface area contributed by atoms with Crippen LogP contribution in [0.1, 0.15) is 20.3 Å². The van der Waals surface area contributed by atoms with E-state index in [1.54, 1.807) is 11.9 Å². The number of nitrogens with zero attached hydrogens (tertiary/aromatic N) is 4. The lowest BCUT2D eigenvalue weighted by atomic mass is 10.3. The molecule has 1 rings (SSSR count). The van der Waals surface area contributed by atoms with Gasteiger partial charge in [-0.15, -0.1) is 0 Å². The smallest absolute Gasteiger partial charge is 0.364 e. The van der Waals surface area contributed by atoms with Gasteiger partial charge < -0.3 is 20.3 Å². The first-order valence-corrected chi connectivity index (χ1v) is 6.18. The predicted octanol–water partition coefficient (Wildman–Crippen LogP) is 0.999. The van der Waals surface area contributed by atoms with E-state index in [1.165, 1.54) is 10.9 Å². The summed E-state index contributed by atoms with van der Waals surface area (Å²) < 4.78 is 1.53. The van der Waals surface area contributed by atoms with Gasteiger partial charge in [-0.2, -0.15) is 0 Å². The normalized spacial score (nSPS) is 10.3. The number of aromatic nitrogens is 2. The van der Waals surface area contributed by atoms with Crippen molar-refractivity contribution in [2.24, 2.45) is 7.05 Å². The lowest BCUT2D eigenvalue weighted by Crippen LogP contribution is -2.31. The second-order valence-electron chi connectivity index (χ2n) is 4.03. The zero-order chi connectivity index (χ0) is 14.4. The fourth-order valence-corrected chi connectivity index (χ4v) is 1.78. The molecule has 0 radical (unpaired) electrons. The van der Waals surface area contributed by atoms with Crippen LogP contribution in [0.25, 0.3) is 0 Å². The number of hydrogen-bond donors (Lipinski definition) is 1. The standard InChI is InChI=1S/C11H19N5O3/c1-4-15(5-2)9(17)6-7-12-10-11(16(18)19)13-8-14(10)3/h8,12H,4-7H2,1-3H3. The maximum atomic E-state index is 11.8. The van der Waals surface area contributed by atoms with Crippen molar-refractivity contribution in [3.05, 3.63) is 16.4 Å². The molecule has 8 heteroatoms. The predicted molar refractivity (Wildman–Crippen MR) is 70.9 cm³/mol. The monoisotopic (exact) mass is 269 g/mol. The zero-order valence-electron chi connectivity index (χ0n) is 11.4. The number of anilines is 1. The third-order valence-corrected chi connectivity index (χ3v) is 2.84. The molecular formula is C11H19N5O3. The van der Waals surface area contributed by atoms with E-state index in [4.69, 9.17) is 0 Å². The summed E-state index contributed by atoms with van der Waals surface area (Å²) in [5.41, 5.74) is 0. The van der Waals surface area contributed by atoms with Crippen LogP contribution < -0.4 is 5.32 Å². The summed E-state index contributed by atoms with van der Waals surface area (Å²) in [6.07, 6.45) is 1.66. The molecule has 0 atom stereocenters. The molecule has 1 N–H and O–H groups in total. The molecule has 1 aromatic heterocycles. The zero-order valence-corrected chi connectivity index (χ0v) is 11.4. The number of rotatable bonds is 7. The van der Waals surface area contributed by atoms with E-state index >= 15 is 0 Å². The highest BCUT2D eigenvalue weighted by Gasteiger charge is 2.19. The van der Waals surface area contributed by atoms with Crippen LogP contribution in [-0.2, 0) is 11.8 Å². The average molecular weight is 269 g/mol. The molecule has 0 spiro atoms. The SMILES string of the molecule is CCN(CC)C(=O)CCNc1c([N+](=O)[O-])ncn1C. The number of aryl methyl sites for hydroxylation is 1. The minimum atomic E-state index is -0.547. The van der Waals surface area contributed by atoms with Crippen molar-refractivity contribution in [3.63, 3.8) is 0 Å². The Morgan fingerprint density at radius 2 is 2.16 bits per heavy atom. The molecule has 1 aromatic rings. The Morgan fingerprint density at radius 3 is 2.68 bits per heavy atom. The maximum Gasteiger partial charge on any atom is 0.406 e. The third kappa shape index (κ3) is 3.67. The Labute approximate surface area is 111 Å². The minimum absolute atomic E-state index is 0.0299. The highest BCUT2D eigenvalue weighted by atomic mass is 16.6. The molecule has 8 nitrogen and oxygen atoms in total. The van der Waals surface area contributed by atoms with Gasteiger partial charge in [0.2, 0.25) is 18.1 Å². The van der Waals surface area contributed by atoms with E-state index in [0.717, 1.165) is 0 Å². The molecule has 0 aliphatic carbocycles.